The molecule has 1 aliphatic carbocycles. The number of amides is 1. The van der Waals surface area contributed by atoms with Crippen molar-refractivity contribution in [1.82, 2.24) is 10.3 Å². The van der Waals surface area contributed by atoms with E-state index >= 15 is 0 Å². The Kier molecular flexibility index (Phi) is 2.23. The third-order valence-electron chi connectivity index (χ3n) is 4.71. The van der Waals surface area contributed by atoms with Crippen LogP contribution in [0.1, 0.15) is 23.5 Å². The van der Waals surface area contributed by atoms with Crippen LogP contribution in [-0.2, 0) is 11.2 Å². The first-order valence-electron chi connectivity index (χ1n) is 6.85. The average molecular weight is 255 g/mol. The van der Waals surface area contributed by atoms with Gasteiger partial charge in [0.1, 0.15) is 0 Å². The van der Waals surface area contributed by atoms with Crippen LogP contribution in [0.25, 0.3) is 10.9 Å². The van der Waals surface area contributed by atoms with E-state index in [1.54, 1.807) is 0 Å². The summed E-state index contributed by atoms with van der Waals surface area (Å²) in [6.07, 6.45) is 4.02. The fraction of sp³-hybridized carbons (Fsp3) is 0.400. The molecule has 4 N–H and O–H groups in total. The van der Waals surface area contributed by atoms with Gasteiger partial charge in [-0.1, -0.05) is 12.1 Å². The zero-order valence-electron chi connectivity index (χ0n) is 10.6. The molecular weight excluding hydrogens is 238 g/mol. The highest BCUT2D eigenvalue weighted by atomic mass is 16.1. The van der Waals surface area contributed by atoms with E-state index in [0.717, 1.165) is 12.8 Å². The second-order valence-electron chi connectivity index (χ2n) is 5.74. The number of nitrogens with two attached hydrogens (primary N) is 1. The molecule has 2 heterocycles. The van der Waals surface area contributed by atoms with Crippen molar-refractivity contribution in [3.8, 4) is 0 Å². The van der Waals surface area contributed by atoms with E-state index in [2.05, 4.69) is 34.7 Å². The molecule has 4 heteroatoms. The molecule has 0 saturated carbocycles. The second kappa shape index (κ2) is 3.84. The minimum atomic E-state index is -0.182. The van der Waals surface area contributed by atoms with Gasteiger partial charge in [-0.25, -0.2) is 0 Å². The standard InChI is InChI=1S/C15H17N3O/c16-15(19)9-4-11-10-2-1-3-12-14(10)8(6-17-12)5-13(11)18-7-9/h1-3,6,9,11,13,17-18H,4-5,7H2,(H2,16,19)/t9-,11+,13+/m0/s1. The monoisotopic (exact) mass is 255 g/mol. The minimum Gasteiger partial charge on any atom is -0.369 e. The SMILES string of the molecule is NC(=O)[C@@H]1CN[C@@H]2Cc3c[nH]c4cccc(c34)[C@H]2C1. The number of H-pyrrole nitrogens is 1. The molecule has 0 unspecified atom stereocenters. The zero-order chi connectivity index (χ0) is 13.0. The predicted molar refractivity (Wildman–Crippen MR) is 73.8 cm³/mol. The molecule has 2 aliphatic rings. The molecule has 2 aromatic rings. The molecule has 1 fully saturated rings. The number of carbonyl (C=O) groups is 1. The summed E-state index contributed by atoms with van der Waals surface area (Å²) in [5, 5.41) is 4.87. The third-order valence-corrected chi connectivity index (χ3v) is 4.71. The summed E-state index contributed by atoms with van der Waals surface area (Å²) in [5.41, 5.74) is 9.43. The molecule has 1 aliphatic heterocycles. The lowest BCUT2D eigenvalue weighted by molar-refractivity contribution is -0.122. The number of fused-ring (bicyclic) bond motifs is 2. The quantitative estimate of drug-likeness (QED) is 0.718. The summed E-state index contributed by atoms with van der Waals surface area (Å²) in [7, 11) is 0. The summed E-state index contributed by atoms with van der Waals surface area (Å²) in [6.45, 7) is 0.715. The number of benzene rings is 1. The number of aromatic amines is 1. The minimum absolute atomic E-state index is 0.0444. The molecule has 98 valence electrons. The van der Waals surface area contributed by atoms with Crippen molar-refractivity contribution in [2.75, 3.05) is 6.54 Å². The van der Waals surface area contributed by atoms with Crippen LogP contribution in [0, 0.1) is 5.92 Å². The van der Waals surface area contributed by atoms with Crippen LogP contribution in [0.4, 0.5) is 0 Å². The molecule has 0 spiro atoms. The van der Waals surface area contributed by atoms with E-state index in [9.17, 15) is 4.79 Å². The number of hydrogen-bond donors (Lipinski definition) is 3. The lowest BCUT2D eigenvalue weighted by Gasteiger charge is -2.39. The van der Waals surface area contributed by atoms with Crippen molar-refractivity contribution in [1.29, 1.82) is 0 Å². The lowest BCUT2D eigenvalue weighted by atomic mass is 9.73. The van der Waals surface area contributed by atoms with Crippen molar-refractivity contribution in [3.05, 3.63) is 35.5 Å². The first kappa shape index (κ1) is 11.1. The van der Waals surface area contributed by atoms with Crippen LogP contribution < -0.4 is 11.1 Å². The van der Waals surface area contributed by atoms with E-state index < -0.39 is 0 Å². The number of primary amides is 1. The van der Waals surface area contributed by atoms with Crippen molar-refractivity contribution in [2.24, 2.45) is 11.7 Å². The summed E-state index contributed by atoms with van der Waals surface area (Å²) in [4.78, 5) is 14.8. The van der Waals surface area contributed by atoms with Crippen LogP contribution in [0.15, 0.2) is 24.4 Å². The fourth-order valence-electron chi connectivity index (χ4n) is 3.76. The Balaban J connectivity index is 1.82. The van der Waals surface area contributed by atoms with Gasteiger partial charge < -0.3 is 16.0 Å². The van der Waals surface area contributed by atoms with Crippen LogP contribution in [-0.4, -0.2) is 23.5 Å². The summed E-state index contributed by atoms with van der Waals surface area (Å²) >= 11 is 0. The number of rotatable bonds is 1. The molecule has 0 radical (unpaired) electrons. The molecular formula is C15H17N3O. The lowest BCUT2D eigenvalue weighted by Crippen LogP contribution is -2.49. The van der Waals surface area contributed by atoms with Crippen LogP contribution in [0.2, 0.25) is 0 Å². The topological polar surface area (TPSA) is 70.9 Å². The number of piperidine rings is 1. The first-order chi connectivity index (χ1) is 9.24. The fourth-order valence-corrected chi connectivity index (χ4v) is 3.76. The molecule has 1 aromatic heterocycles. The summed E-state index contributed by atoms with van der Waals surface area (Å²) in [5.74, 6) is 0.174. The van der Waals surface area contributed by atoms with Gasteiger partial charge in [0, 0.05) is 35.6 Å². The Morgan fingerprint density at radius 1 is 1.37 bits per heavy atom. The van der Waals surface area contributed by atoms with Gasteiger partial charge in [-0.2, -0.15) is 0 Å². The number of hydrogen-bond acceptors (Lipinski definition) is 2. The highest BCUT2D eigenvalue weighted by Gasteiger charge is 2.37. The molecule has 1 aromatic carbocycles. The van der Waals surface area contributed by atoms with Crippen LogP contribution in [0.5, 0.6) is 0 Å². The van der Waals surface area contributed by atoms with Crippen molar-refractivity contribution >= 4 is 16.8 Å². The Morgan fingerprint density at radius 3 is 3.11 bits per heavy atom. The van der Waals surface area contributed by atoms with Gasteiger partial charge in [-0.05, 0) is 30.0 Å². The largest absolute Gasteiger partial charge is 0.369 e. The molecule has 4 nitrogen and oxygen atoms in total. The van der Waals surface area contributed by atoms with E-state index in [0.29, 0.717) is 18.5 Å². The van der Waals surface area contributed by atoms with Gasteiger partial charge in [-0.3, -0.25) is 4.79 Å². The number of nitrogens with one attached hydrogen (secondary N) is 2. The molecule has 1 saturated heterocycles. The smallest absolute Gasteiger partial charge is 0.221 e. The van der Waals surface area contributed by atoms with Crippen molar-refractivity contribution in [3.63, 3.8) is 0 Å². The molecule has 4 rings (SSSR count). The average Bonchev–Trinajstić information content (AvgIpc) is 2.83. The maximum Gasteiger partial charge on any atom is 0.221 e. The first-order valence-corrected chi connectivity index (χ1v) is 6.85. The molecule has 1 amide bonds. The van der Waals surface area contributed by atoms with Gasteiger partial charge in [0.15, 0.2) is 0 Å². The van der Waals surface area contributed by atoms with Gasteiger partial charge >= 0.3 is 0 Å². The maximum absolute atomic E-state index is 11.4. The Morgan fingerprint density at radius 2 is 2.26 bits per heavy atom. The van der Waals surface area contributed by atoms with E-state index in [4.69, 9.17) is 5.73 Å². The highest BCUT2D eigenvalue weighted by Crippen LogP contribution is 2.41. The zero-order valence-corrected chi connectivity index (χ0v) is 10.6. The van der Waals surface area contributed by atoms with Crippen molar-refractivity contribution < 1.29 is 4.79 Å². The van der Waals surface area contributed by atoms with Crippen LogP contribution in [0.3, 0.4) is 0 Å². The van der Waals surface area contributed by atoms with E-state index in [1.165, 1.54) is 22.0 Å². The second-order valence-corrected chi connectivity index (χ2v) is 5.74. The normalized spacial score (nSPS) is 29.2. The number of aromatic nitrogens is 1. The van der Waals surface area contributed by atoms with Gasteiger partial charge in [0.05, 0.1) is 5.92 Å². The van der Waals surface area contributed by atoms with E-state index in [-0.39, 0.29) is 11.8 Å². The Bertz CT molecular complexity index is 660. The van der Waals surface area contributed by atoms with Gasteiger partial charge in [0.2, 0.25) is 5.91 Å². The van der Waals surface area contributed by atoms with Crippen LogP contribution >= 0.6 is 0 Å². The van der Waals surface area contributed by atoms with E-state index in [1.807, 2.05) is 0 Å². The third kappa shape index (κ3) is 1.53. The van der Waals surface area contributed by atoms with Crippen molar-refractivity contribution in [2.45, 2.75) is 24.8 Å². The molecule has 3 atom stereocenters. The number of carbonyl (C=O) groups excluding carboxylic acids is 1. The highest BCUT2D eigenvalue weighted by molar-refractivity contribution is 5.88. The summed E-state index contributed by atoms with van der Waals surface area (Å²) < 4.78 is 0. The van der Waals surface area contributed by atoms with Gasteiger partial charge in [0.25, 0.3) is 0 Å². The summed E-state index contributed by atoms with van der Waals surface area (Å²) in [6, 6.07) is 6.84. The molecule has 19 heavy (non-hydrogen) atoms. The molecule has 0 bridgehead atoms. The van der Waals surface area contributed by atoms with Gasteiger partial charge in [-0.15, -0.1) is 0 Å². The Labute approximate surface area is 111 Å². The maximum atomic E-state index is 11.4. The Hall–Kier alpha value is -1.81. The predicted octanol–water partition coefficient (Wildman–Crippen LogP) is 1.27.